The number of hydrogen-bond donors (Lipinski definition) is 0. The van der Waals surface area contributed by atoms with Crippen molar-refractivity contribution in [1.82, 2.24) is 18.8 Å². The van der Waals surface area contributed by atoms with Crippen molar-refractivity contribution in [2.75, 3.05) is 39.4 Å². The number of imidazole rings is 1. The highest BCUT2D eigenvalue weighted by Gasteiger charge is 2.50. The van der Waals surface area contributed by atoms with E-state index in [9.17, 15) is 13.2 Å². The molecule has 8 nitrogen and oxygen atoms in total. The molecule has 9 heteroatoms. The Morgan fingerprint density at radius 1 is 1.24 bits per heavy atom. The molecule has 0 N–H and O–H groups in total. The molecular weight excluding hydrogens is 392 g/mol. The van der Waals surface area contributed by atoms with E-state index in [1.165, 1.54) is 12.7 Å². The first-order valence-electron chi connectivity index (χ1n) is 10.7. The Hall–Kier alpha value is -1.45. The van der Waals surface area contributed by atoms with Gasteiger partial charge in [0.25, 0.3) is 10.0 Å². The molecule has 3 aliphatic rings. The number of carbonyl (C=O) groups is 1. The van der Waals surface area contributed by atoms with E-state index in [1.807, 2.05) is 4.90 Å². The summed E-state index contributed by atoms with van der Waals surface area (Å²) >= 11 is 0. The fraction of sp³-hybridized carbons (Fsp3) is 0.800. The number of rotatable bonds is 5. The Morgan fingerprint density at radius 2 is 1.97 bits per heavy atom. The third kappa shape index (κ3) is 4.22. The van der Waals surface area contributed by atoms with Crippen LogP contribution in [0, 0.1) is 11.3 Å². The third-order valence-corrected chi connectivity index (χ3v) is 8.68. The maximum absolute atomic E-state index is 13.2. The SMILES string of the molecule is Cn1cnc(S(=O)(=O)N2CC(CCC(=O)N3CCOCC3)C3(CCCCC3)C2)c1. The number of aromatic nitrogens is 2. The Kier molecular flexibility index (Phi) is 5.99. The molecule has 1 saturated carbocycles. The molecule has 2 aliphatic heterocycles. The van der Waals surface area contributed by atoms with Crippen molar-refractivity contribution in [2.24, 2.45) is 18.4 Å². The molecule has 1 aromatic rings. The molecule has 0 radical (unpaired) electrons. The Bertz CT molecular complexity index is 825. The quantitative estimate of drug-likeness (QED) is 0.717. The second-order valence-corrected chi connectivity index (χ2v) is 10.7. The first-order chi connectivity index (χ1) is 13.9. The summed E-state index contributed by atoms with van der Waals surface area (Å²) < 4.78 is 35.0. The summed E-state index contributed by atoms with van der Waals surface area (Å²) in [6.07, 6.45) is 9.95. The van der Waals surface area contributed by atoms with Crippen LogP contribution in [-0.4, -0.2) is 72.5 Å². The standard InChI is InChI=1S/C20H32N4O4S/c1-22-14-18(21-16-22)29(26,27)24-13-17(20(15-24)7-3-2-4-8-20)5-6-19(25)23-9-11-28-12-10-23/h14,16-17H,2-13,15H2,1H3. The highest BCUT2D eigenvalue weighted by Crippen LogP contribution is 2.50. The number of amides is 1. The van der Waals surface area contributed by atoms with Crippen LogP contribution in [0.2, 0.25) is 0 Å². The van der Waals surface area contributed by atoms with Crippen molar-refractivity contribution in [1.29, 1.82) is 0 Å². The lowest BCUT2D eigenvalue weighted by molar-refractivity contribution is -0.135. The van der Waals surface area contributed by atoms with Crippen molar-refractivity contribution in [2.45, 2.75) is 50.0 Å². The monoisotopic (exact) mass is 424 g/mol. The summed E-state index contributed by atoms with van der Waals surface area (Å²) in [5.41, 5.74) is 0.00535. The number of aryl methyl sites for hydroxylation is 1. The lowest BCUT2D eigenvalue weighted by Crippen LogP contribution is -2.41. The van der Waals surface area contributed by atoms with Crippen LogP contribution in [0.25, 0.3) is 0 Å². The zero-order valence-corrected chi connectivity index (χ0v) is 18.1. The molecule has 1 unspecified atom stereocenters. The maximum atomic E-state index is 13.2. The van der Waals surface area contributed by atoms with Gasteiger partial charge in [-0.2, -0.15) is 4.31 Å². The molecule has 29 heavy (non-hydrogen) atoms. The Morgan fingerprint density at radius 3 is 2.62 bits per heavy atom. The van der Waals surface area contributed by atoms with Crippen molar-refractivity contribution < 1.29 is 17.9 Å². The number of hydrogen-bond acceptors (Lipinski definition) is 5. The molecular formula is C20H32N4O4S. The molecule has 1 spiro atoms. The van der Waals surface area contributed by atoms with Crippen molar-refractivity contribution in [3.8, 4) is 0 Å². The largest absolute Gasteiger partial charge is 0.378 e. The number of morpholine rings is 1. The molecule has 0 bridgehead atoms. The summed E-state index contributed by atoms with van der Waals surface area (Å²) in [4.78, 5) is 18.6. The molecule has 1 aromatic heterocycles. The normalized spacial score (nSPS) is 25.6. The van der Waals surface area contributed by atoms with Gasteiger partial charge in [0, 0.05) is 45.8 Å². The second kappa shape index (κ2) is 8.35. The van der Waals surface area contributed by atoms with Crippen LogP contribution in [0.5, 0.6) is 0 Å². The molecule has 1 amide bonds. The molecule has 0 aromatic carbocycles. The molecule has 4 rings (SSSR count). The number of carbonyl (C=O) groups excluding carboxylic acids is 1. The van der Waals surface area contributed by atoms with Crippen LogP contribution in [-0.2, 0) is 26.6 Å². The Labute approximate surface area is 173 Å². The topological polar surface area (TPSA) is 84.7 Å². The van der Waals surface area contributed by atoms with Gasteiger partial charge in [-0.05, 0) is 30.6 Å². The van der Waals surface area contributed by atoms with E-state index in [1.54, 1.807) is 22.1 Å². The van der Waals surface area contributed by atoms with E-state index in [0.29, 0.717) is 45.8 Å². The maximum Gasteiger partial charge on any atom is 0.262 e. The van der Waals surface area contributed by atoms with Crippen molar-refractivity contribution in [3.05, 3.63) is 12.5 Å². The minimum absolute atomic E-state index is 0.00535. The summed E-state index contributed by atoms with van der Waals surface area (Å²) in [7, 11) is -1.82. The van der Waals surface area contributed by atoms with E-state index in [0.717, 1.165) is 32.1 Å². The van der Waals surface area contributed by atoms with Gasteiger partial charge in [0.2, 0.25) is 5.91 Å². The van der Waals surface area contributed by atoms with Crippen LogP contribution in [0.1, 0.15) is 44.9 Å². The van der Waals surface area contributed by atoms with Gasteiger partial charge in [-0.25, -0.2) is 13.4 Å². The van der Waals surface area contributed by atoms with Crippen molar-refractivity contribution in [3.63, 3.8) is 0 Å². The van der Waals surface area contributed by atoms with Crippen LogP contribution in [0.15, 0.2) is 17.6 Å². The van der Waals surface area contributed by atoms with E-state index in [2.05, 4.69) is 4.98 Å². The lowest BCUT2D eigenvalue weighted by Gasteiger charge is -2.38. The van der Waals surface area contributed by atoms with E-state index in [4.69, 9.17) is 4.74 Å². The van der Waals surface area contributed by atoms with E-state index in [-0.39, 0.29) is 22.3 Å². The van der Waals surface area contributed by atoms with Crippen LogP contribution in [0.3, 0.4) is 0 Å². The first-order valence-corrected chi connectivity index (χ1v) is 12.2. The predicted octanol–water partition coefficient (Wildman–Crippen LogP) is 1.63. The van der Waals surface area contributed by atoms with Crippen LogP contribution >= 0.6 is 0 Å². The first kappa shape index (κ1) is 20.8. The van der Waals surface area contributed by atoms with Gasteiger partial charge in [0.1, 0.15) is 0 Å². The molecule has 3 heterocycles. The molecule has 1 atom stereocenters. The van der Waals surface area contributed by atoms with Gasteiger partial charge < -0.3 is 14.2 Å². The summed E-state index contributed by atoms with van der Waals surface area (Å²) in [6.45, 7) is 3.59. The van der Waals surface area contributed by atoms with Crippen LogP contribution < -0.4 is 0 Å². The molecule has 3 fully saturated rings. The molecule has 1 aliphatic carbocycles. The van der Waals surface area contributed by atoms with Gasteiger partial charge in [-0.1, -0.05) is 19.3 Å². The van der Waals surface area contributed by atoms with Gasteiger partial charge in [0.05, 0.1) is 19.5 Å². The minimum Gasteiger partial charge on any atom is -0.378 e. The highest BCUT2D eigenvalue weighted by atomic mass is 32.2. The second-order valence-electron chi connectivity index (χ2n) is 8.83. The highest BCUT2D eigenvalue weighted by molar-refractivity contribution is 7.89. The number of nitrogens with zero attached hydrogens (tertiary/aromatic N) is 4. The predicted molar refractivity (Wildman–Crippen MR) is 108 cm³/mol. The Balaban J connectivity index is 1.48. The average Bonchev–Trinajstić information content (AvgIpc) is 3.32. The van der Waals surface area contributed by atoms with Gasteiger partial charge in [0.15, 0.2) is 5.03 Å². The average molecular weight is 425 g/mol. The van der Waals surface area contributed by atoms with Gasteiger partial charge in [-0.3, -0.25) is 4.79 Å². The number of sulfonamides is 1. The van der Waals surface area contributed by atoms with E-state index >= 15 is 0 Å². The summed E-state index contributed by atoms with van der Waals surface area (Å²) in [6, 6.07) is 0. The minimum atomic E-state index is -3.60. The third-order valence-electron chi connectivity index (χ3n) is 6.99. The summed E-state index contributed by atoms with van der Waals surface area (Å²) in [5.74, 6) is 0.400. The van der Waals surface area contributed by atoms with Gasteiger partial charge >= 0.3 is 0 Å². The summed E-state index contributed by atoms with van der Waals surface area (Å²) in [5, 5.41) is 0.121. The number of ether oxygens (including phenoxy) is 1. The van der Waals surface area contributed by atoms with E-state index < -0.39 is 10.0 Å². The zero-order chi connectivity index (χ0) is 20.5. The zero-order valence-electron chi connectivity index (χ0n) is 17.3. The lowest BCUT2D eigenvalue weighted by atomic mass is 9.66. The molecule has 162 valence electrons. The smallest absolute Gasteiger partial charge is 0.262 e. The van der Waals surface area contributed by atoms with Gasteiger partial charge in [-0.15, -0.1) is 0 Å². The van der Waals surface area contributed by atoms with Crippen LogP contribution in [0.4, 0.5) is 0 Å². The fourth-order valence-electron chi connectivity index (χ4n) is 5.31. The fourth-order valence-corrected chi connectivity index (χ4v) is 6.86. The van der Waals surface area contributed by atoms with Crippen molar-refractivity contribution >= 4 is 15.9 Å². The molecule has 2 saturated heterocycles.